The van der Waals surface area contributed by atoms with Crippen LogP contribution < -0.4 is 9.62 Å². The molecule has 4 rings (SSSR count). The van der Waals surface area contributed by atoms with Crippen LogP contribution in [0.2, 0.25) is 5.02 Å². The number of hydrogen-bond acceptors (Lipinski definition) is 5. The maximum Gasteiger partial charge on any atom is 0.264 e. The van der Waals surface area contributed by atoms with E-state index in [4.69, 9.17) is 11.6 Å². The van der Waals surface area contributed by atoms with Gasteiger partial charge in [-0.1, -0.05) is 71.8 Å². The van der Waals surface area contributed by atoms with Crippen molar-refractivity contribution in [3.8, 4) is 0 Å². The molecular weight excluding hydrogens is 626 g/mol. The molecule has 2 amide bonds. The Kier molecular flexibility index (Phi) is 11.7. The molecule has 0 fully saturated rings. The van der Waals surface area contributed by atoms with E-state index in [-0.39, 0.29) is 29.8 Å². The largest absolute Gasteiger partial charge is 0.352 e. The fourth-order valence-corrected chi connectivity index (χ4v) is 6.92. The van der Waals surface area contributed by atoms with E-state index in [9.17, 15) is 18.0 Å². The van der Waals surface area contributed by atoms with Crippen LogP contribution in [-0.4, -0.2) is 50.0 Å². The van der Waals surface area contributed by atoms with E-state index in [1.807, 2.05) is 63.4 Å². The van der Waals surface area contributed by atoms with Gasteiger partial charge in [-0.05, 0) is 86.7 Å². The number of aryl methyl sites for hydroxylation is 1. The Morgan fingerprint density at radius 1 is 0.867 bits per heavy atom. The molecule has 0 heterocycles. The van der Waals surface area contributed by atoms with Crippen LogP contribution in [0.4, 0.5) is 5.69 Å². The third kappa shape index (κ3) is 9.12. The highest BCUT2D eigenvalue weighted by Crippen LogP contribution is 2.27. The third-order valence-corrected chi connectivity index (χ3v) is 9.96. The second kappa shape index (κ2) is 15.5. The van der Waals surface area contributed by atoms with Gasteiger partial charge < -0.3 is 10.2 Å². The zero-order chi connectivity index (χ0) is 32.6. The number of amides is 2. The third-order valence-electron chi connectivity index (χ3n) is 7.19. The van der Waals surface area contributed by atoms with Crippen molar-refractivity contribution < 1.29 is 18.0 Å². The van der Waals surface area contributed by atoms with Crippen LogP contribution in [-0.2, 0) is 32.6 Å². The fraction of sp³-hybridized carbons (Fsp3) is 0.257. The summed E-state index contributed by atoms with van der Waals surface area (Å²) < 4.78 is 29.5. The molecular formula is C35H38ClN3O4S2. The molecule has 0 aliphatic heterocycles. The van der Waals surface area contributed by atoms with Crippen LogP contribution in [0.15, 0.2) is 113 Å². The molecule has 0 spiro atoms. The minimum atomic E-state index is -4.17. The second-order valence-electron chi connectivity index (χ2n) is 11.0. The first-order valence-electron chi connectivity index (χ1n) is 14.6. The number of carbonyl (C=O) groups is 2. The number of anilines is 1. The Hall–Kier alpha value is -3.79. The van der Waals surface area contributed by atoms with Gasteiger partial charge in [0, 0.05) is 28.9 Å². The van der Waals surface area contributed by atoms with E-state index in [0.717, 1.165) is 20.3 Å². The molecule has 0 saturated heterocycles. The Bertz CT molecular complexity index is 1700. The zero-order valence-electron chi connectivity index (χ0n) is 25.8. The molecule has 0 unspecified atom stereocenters. The normalized spacial score (nSPS) is 12.0. The van der Waals surface area contributed by atoms with Crippen molar-refractivity contribution in [2.24, 2.45) is 0 Å². The standard InChI is InChI=1S/C35H38ClN3O4S2/c1-25(2)37-35(41)33(22-27-9-6-5-7-10-27)38(23-28-11-8-12-29(36)21-28)34(40)24-39(30-15-13-26(3)14-16-30)45(42,43)32-19-17-31(44-4)18-20-32/h5-21,25,33H,22-24H2,1-4H3,(H,37,41)/t33-/m0/s1. The van der Waals surface area contributed by atoms with Crippen LogP contribution in [0, 0.1) is 6.92 Å². The molecule has 0 radical (unpaired) electrons. The maximum absolute atomic E-state index is 14.5. The first-order chi connectivity index (χ1) is 21.5. The van der Waals surface area contributed by atoms with Gasteiger partial charge >= 0.3 is 0 Å². The number of carbonyl (C=O) groups excluding carboxylic acids is 2. The molecule has 0 aliphatic rings. The molecule has 1 atom stereocenters. The van der Waals surface area contributed by atoms with Crippen molar-refractivity contribution in [3.05, 3.63) is 125 Å². The van der Waals surface area contributed by atoms with Crippen molar-refractivity contribution in [1.29, 1.82) is 0 Å². The molecule has 7 nitrogen and oxygen atoms in total. The number of nitrogens with zero attached hydrogens (tertiary/aromatic N) is 2. The van der Waals surface area contributed by atoms with Gasteiger partial charge in [0.25, 0.3) is 10.0 Å². The highest BCUT2D eigenvalue weighted by Gasteiger charge is 2.34. The molecule has 0 aromatic heterocycles. The van der Waals surface area contributed by atoms with E-state index in [1.165, 1.54) is 16.7 Å². The zero-order valence-corrected chi connectivity index (χ0v) is 28.2. The lowest BCUT2D eigenvalue weighted by Gasteiger charge is -2.34. The summed E-state index contributed by atoms with van der Waals surface area (Å²) in [5.74, 6) is -0.860. The van der Waals surface area contributed by atoms with Crippen LogP contribution in [0.1, 0.15) is 30.5 Å². The van der Waals surface area contributed by atoms with Gasteiger partial charge in [-0.2, -0.15) is 0 Å². The molecule has 1 N–H and O–H groups in total. The Labute approximate surface area is 275 Å². The number of thioether (sulfide) groups is 1. The summed E-state index contributed by atoms with van der Waals surface area (Å²) in [6.45, 7) is 5.15. The minimum Gasteiger partial charge on any atom is -0.352 e. The predicted molar refractivity (Wildman–Crippen MR) is 183 cm³/mol. The number of nitrogens with one attached hydrogen (secondary N) is 1. The Balaban J connectivity index is 1.80. The predicted octanol–water partition coefficient (Wildman–Crippen LogP) is 6.73. The summed E-state index contributed by atoms with van der Waals surface area (Å²) in [6.07, 6.45) is 2.15. The smallest absolute Gasteiger partial charge is 0.264 e. The average Bonchev–Trinajstić information content (AvgIpc) is 3.02. The van der Waals surface area contributed by atoms with E-state index < -0.39 is 28.5 Å². The van der Waals surface area contributed by atoms with E-state index in [2.05, 4.69) is 5.32 Å². The number of hydrogen-bond donors (Lipinski definition) is 1. The molecule has 45 heavy (non-hydrogen) atoms. The summed E-state index contributed by atoms with van der Waals surface area (Å²) in [7, 11) is -4.17. The summed E-state index contributed by atoms with van der Waals surface area (Å²) >= 11 is 7.81. The monoisotopic (exact) mass is 663 g/mol. The van der Waals surface area contributed by atoms with Gasteiger partial charge in [-0.15, -0.1) is 11.8 Å². The molecule has 4 aromatic carbocycles. The number of benzene rings is 4. The lowest BCUT2D eigenvalue weighted by atomic mass is 10.0. The molecule has 4 aromatic rings. The summed E-state index contributed by atoms with van der Waals surface area (Å²) in [4.78, 5) is 30.7. The molecule has 0 bridgehead atoms. The SMILES string of the molecule is CSc1ccc(S(=O)(=O)N(CC(=O)N(Cc2cccc(Cl)c2)[C@@H](Cc2ccccc2)C(=O)NC(C)C)c2ccc(C)cc2)cc1. The molecule has 0 aliphatic carbocycles. The van der Waals surface area contributed by atoms with Crippen LogP contribution in [0.25, 0.3) is 0 Å². The summed E-state index contributed by atoms with van der Waals surface area (Å²) in [5.41, 5.74) is 2.87. The van der Waals surface area contributed by atoms with E-state index in [0.29, 0.717) is 16.3 Å². The van der Waals surface area contributed by atoms with Crippen molar-refractivity contribution in [2.75, 3.05) is 17.1 Å². The van der Waals surface area contributed by atoms with Crippen LogP contribution in [0.3, 0.4) is 0 Å². The first-order valence-corrected chi connectivity index (χ1v) is 17.6. The van der Waals surface area contributed by atoms with Gasteiger partial charge in [-0.3, -0.25) is 13.9 Å². The van der Waals surface area contributed by atoms with Gasteiger partial charge in [-0.25, -0.2) is 8.42 Å². The summed E-state index contributed by atoms with van der Waals surface area (Å²) in [5, 5.41) is 3.45. The van der Waals surface area contributed by atoms with E-state index >= 15 is 0 Å². The van der Waals surface area contributed by atoms with Crippen LogP contribution in [0.5, 0.6) is 0 Å². The summed E-state index contributed by atoms with van der Waals surface area (Å²) in [6, 6.07) is 29.0. The molecule has 0 saturated carbocycles. The number of sulfonamides is 1. The topological polar surface area (TPSA) is 86.8 Å². The van der Waals surface area contributed by atoms with Crippen molar-refractivity contribution in [1.82, 2.24) is 10.2 Å². The highest BCUT2D eigenvalue weighted by molar-refractivity contribution is 7.98. The second-order valence-corrected chi connectivity index (χ2v) is 14.2. The Morgan fingerprint density at radius 2 is 1.51 bits per heavy atom. The fourth-order valence-electron chi connectivity index (χ4n) is 4.88. The van der Waals surface area contributed by atoms with Gasteiger partial charge in [0.1, 0.15) is 12.6 Å². The quantitative estimate of drug-likeness (QED) is 0.160. The van der Waals surface area contributed by atoms with Crippen LogP contribution >= 0.6 is 23.4 Å². The first kappa shape index (κ1) is 34.1. The Morgan fingerprint density at radius 3 is 2.11 bits per heavy atom. The number of rotatable bonds is 13. The van der Waals surface area contributed by atoms with Crippen molar-refractivity contribution in [2.45, 2.75) is 55.6 Å². The molecule has 10 heteroatoms. The minimum absolute atomic E-state index is 0.0482. The van der Waals surface area contributed by atoms with Crippen molar-refractivity contribution in [3.63, 3.8) is 0 Å². The van der Waals surface area contributed by atoms with Gasteiger partial charge in [0.05, 0.1) is 10.6 Å². The van der Waals surface area contributed by atoms with Crippen molar-refractivity contribution >= 4 is 50.9 Å². The number of halogens is 1. The van der Waals surface area contributed by atoms with Gasteiger partial charge in [0.15, 0.2) is 0 Å². The highest BCUT2D eigenvalue weighted by atomic mass is 35.5. The van der Waals surface area contributed by atoms with Gasteiger partial charge in [0.2, 0.25) is 11.8 Å². The van der Waals surface area contributed by atoms with E-state index in [1.54, 1.807) is 66.7 Å². The maximum atomic E-state index is 14.5. The molecule has 236 valence electrons. The lowest BCUT2D eigenvalue weighted by Crippen LogP contribution is -2.54. The average molecular weight is 664 g/mol. The lowest BCUT2D eigenvalue weighted by molar-refractivity contribution is -0.140.